The monoisotopic (exact) mass is 191 g/mol. The van der Waals surface area contributed by atoms with Gasteiger partial charge in [0.25, 0.3) is 0 Å². The first-order chi connectivity index (χ1) is 6.66. The minimum atomic E-state index is 0.572. The Morgan fingerprint density at radius 3 is 2.79 bits per heavy atom. The minimum Gasteiger partial charge on any atom is -0.383 e. The van der Waals surface area contributed by atoms with Crippen molar-refractivity contribution in [2.75, 3.05) is 5.73 Å². The van der Waals surface area contributed by atoms with Crippen LogP contribution in [0.1, 0.15) is 37.9 Å². The van der Waals surface area contributed by atoms with Gasteiger partial charge in [-0.3, -0.25) is 0 Å². The maximum absolute atomic E-state index is 5.80. The maximum Gasteiger partial charge on any atom is 0.134 e. The Bertz CT molecular complexity index is 322. The highest BCUT2D eigenvalue weighted by atomic mass is 14.9. The van der Waals surface area contributed by atoms with Crippen molar-refractivity contribution in [3.8, 4) is 0 Å². The fraction of sp³-hybridized carbons (Fsp3) is 0.455. The molecule has 2 N–H and O–H groups in total. The molecule has 0 fully saturated rings. The van der Waals surface area contributed by atoms with Crippen LogP contribution in [0.5, 0.6) is 0 Å². The molecular formula is C11H17N3. The first-order valence-electron chi connectivity index (χ1n) is 4.91. The largest absolute Gasteiger partial charge is 0.383 e. The molecule has 76 valence electrons. The molecule has 0 atom stereocenters. The number of rotatable bonds is 3. The van der Waals surface area contributed by atoms with Gasteiger partial charge in [-0.15, -0.1) is 0 Å². The van der Waals surface area contributed by atoms with Crippen molar-refractivity contribution < 1.29 is 0 Å². The van der Waals surface area contributed by atoms with Crippen LogP contribution < -0.4 is 5.73 Å². The Morgan fingerprint density at radius 1 is 1.50 bits per heavy atom. The van der Waals surface area contributed by atoms with Crippen molar-refractivity contribution >= 4 is 11.4 Å². The molecule has 0 aliphatic rings. The Kier molecular flexibility index (Phi) is 3.63. The van der Waals surface area contributed by atoms with E-state index >= 15 is 0 Å². The van der Waals surface area contributed by atoms with Crippen molar-refractivity contribution in [2.24, 2.45) is 0 Å². The van der Waals surface area contributed by atoms with Gasteiger partial charge in [0, 0.05) is 5.56 Å². The van der Waals surface area contributed by atoms with Crippen LogP contribution in [0, 0.1) is 6.92 Å². The predicted molar refractivity (Wildman–Crippen MR) is 59.7 cm³/mol. The fourth-order valence-corrected chi connectivity index (χ4v) is 1.44. The third-order valence-corrected chi connectivity index (χ3v) is 2.20. The number of aryl methyl sites for hydroxylation is 1. The average molecular weight is 191 g/mol. The third kappa shape index (κ3) is 2.31. The van der Waals surface area contributed by atoms with Crippen molar-refractivity contribution in [3.05, 3.63) is 23.7 Å². The summed E-state index contributed by atoms with van der Waals surface area (Å²) in [7, 11) is 0. The molecule has 14 heavy (non-hydrogen) atoms. The zero-order chi connectivity index (χ0) is 10.6. The van der Waals surface area contributed by atoms with Crippen LogP contribution in [0.15, 0.2) is 12.4 Å². The van der Waals surface area contributed by atoms with Crippen LogP contribution in [0.3, 0.4) is 0 Å². The third-order valence-electron chi connectivity index (χ3n) is 2.20. The molecule has 0 saturated carbocycles. The molecule has 0 aromatic carbocycles. The van der Waals surface area contributed by atoms with E-state index in [4.69, 9.17) is 5.73 Å². The number of nitrogens with zero attached hydrogens (tertiary/aromatic N) is 2. The van der Waals surface area contributed by atoms with E-state index in [9.17, 15) is 0 Å². The van der Waals surface area contributed by atoms with E-state index in [1.165, 1.54) is 11.9 Å². The topological polar surface area (TPSA) is 51.8 Å². The number of aromatic nitrogens is 2. The highest BCUT2D eigenvalue weighted by molar-refractivity contribution is 5.72. The molecule has 3 heteroatoms. The van der Waals surface area contributed by atoms with Gasteiger partial charge in [0.15, 0.2) is 0 Å². The molecule has 0 bridgehead atoms. The van der Waals surface area contributed by atoms with Gasteiger partial charge in [-0.1, -0.05) is 19.4 Å². The zero-order valence-corrected chi connectivity index (χ0v) is 9.04. The molecule has 0 unspecified atom stereocenters. The van der Waals surface area contributed by atoms with Crippen molar-refractivity contribution in [1.29, 1.82) is 0 Å². The second-order valence-electron chi connectivity index (χ2n) is 3.40. The van der Waals surface area contributed by atoms with Gasteiger partial charge in [-0.2, -0.15) is 0 Å². The van der Waals surface area contributed by atoms with Crippen molar-refractivity contribution in [3.63, 3.8) is 0 Å². The van der Waals surface area contributed by atoms with Crippen molar-refractivity contribution in [2.45, 2.75) is 33.6 Å². The van der Waals surface area contributed by atoms with Gasteiger partial charge in [-0.25, -0.2) is 9.97 Å². The van der Waals surface area contributed by atoms with E-state index in [-0.39, 0.29) is 0 Å². The van der Waals surface area contributed by atoms with Gasteiger partial charge in [0.05, 0.1) is 5.69 Å². The minimum absolute atomic E-state index is 0.572. The summed E-state index contributed by atoms with van der Waals surface area (Å²) in [5, 5.41) is 0. The summed E-state index contributed by atoms with van der Waals surface area (Å²) in [4.78, 5) is 8.13. The lowest BCUT2D eigenvalue weighted by molar-refractivity contribution is 0.958. The standard InChI is InChI=1S/C11H17N3/c1-4-5-6-8(2)10-9(3)13-7-14-11(10)12/h6-7H,4-5H2,1-3H3,(H2,12,13,14)/b8-6-. The molecule has 0 saturated heterocycles. The summed E-state index contributed by atoms with van der Waals surface area (Å²) in [6.45, 7) is 6.16. The molecule has 0 aliphatic heterocycles. The zero-order valence-electron chi connectivity index (χ0n) is 9.04. The molecule has 0 radical (unpaired) electrons. The molecule has 0 aliphatic carbocycles. The summed E-state index contributed by atoms with van der Waals surface area (Å²) < 4.78 is 0. The molecule has 1 rings (SSSR count). The molecule has 3 nitrogen and oxygen atoms in total. The molecular weight excluding hydrogens is 174 g/mol. The average Bonchev–Trinajstić information content (AvgIpc) is 2.14. The van der Waals surface area contributed by atoms with Gasteiger partial charge in [0.1, 0.15) is 12.1 Å². The SMILES string of the molecule is CCC/C=C(/C)c1c(C)ncnc1N. The van der Waals surface area contributed by atoms with E-state index in [0.717, 1.165) is 24.1 Å². The van der Waals surface area contributed by atoms with Gasteiger partial charge < -0.3 is 5.73 Å². The summed E-state index contributed by atoms with van der Waals surface area (Å²) >= 11 is 0. The van der Waals surface area contributed by atoms with E-state index in [2.05, 4.69) is 29.9 Å². The molecule has 0 amide bonds. The number of unbranched alkanes of at least 4 members (excludes halogenated alkanes) is 1. The normalized spacial score (nSPS) is 11.8. The van der Waals surface area contributed by atoms with Crippen LogP contribution in [-0.2, 0) is 0 Å². The van der Waals surface area contributed by atoms with Gasteiger partial charge >= 0.3 is 0 Å². The Hall–Kier alpha value is -1.38. The lowest BCUT2D eigenvalue weighted by atomic mass is 10.1. The first kappa shape index (κ1) is 10.7. The van der Waals surface area contributed by atoms with Crippen LogP contribution in [0.4, 0.5) is 5.82 Å². The second-order valence-corrected chi connectivity index (χ2v) is 3.40. The number of anilines is 1. The highest BCUT2D eigenvalue weighted by Crippen LogP contribution is 2.21. The number of nitrogens with two attached hydrogens (primary N) is 1. The first-order valence-corrected chi connectivity index (χ1v) is 4.91. The van der Waals surface area contributed by atoms with E-state index in [1.54, 1.807) is 0 Å². The van der Waals surface area contributed by atoms with E-state index < -0.39 is 0 Å². The highest BCUT2D eigenvalue weighted by Gasteiger charge is 2.06. The van der Waals surface area contributed by atoms with Gasteiger partial charge in [0.2, 0.25) is 0 Å². The summed E-state index contributed by atoms with van der Waals surface area (Å²) in [6, 6.07) is 0. The van der Waals surface area contributed by atoms with E-state index in [1.807, 2.05) is 6.92 Å². The van der Waals surface area contributed by atoms with Crippen LogP contribution >= 0.6 is 0 Å². The maximum atomic E-state index is 5.80. The Labute approximate surface area is 85.1 Å². The quantitative estimate of drug-likeness (QED) is 0.798. The predicted octanol–water partition coefficient (Wildman–Crippen LogP) is 2.57. The molecule has 0 spiro atoms. The van der Waals surface area contributed by atoms with Crippen molar-refractivity contribution in [1.82, 2.24) is 9.97 Å². The van der Waals surface area contributed by atoms with Crippen LogP contribution in [0.25, 0.3) is 5.57 Å². The van der Waals surface area contributed by atoms with E-state index in [0.29, 0.717) is 5.82 Å². The summed E-state index contributed by atoms with van der Waals surface area (Å²) in [5.41, 5.74) is 8.90. The number of hydrogen-bond acceptors (Lipinski definition) is 3. The lowest BCUT2D eigenvalue weighted by Crippen LogP contribution is -2.00. The molecule has 1 aromatic heterocycles. The fourth-order valence-electron chi connectivity index (χ4n) is 1.44. The smallest absolute Gasteiger partial charge is 0.134 e. The molecule has 1 aromatic rings. The van der Waals surface area contributed by atoms with Gasteiger partial charge in [-0.05, 0) is 25.8 Å². The molecule has 1 heterocycles. The lowest BCUT2D eigenvalue weighted by Gasteiger charge is -2.07. The number of nitrogen functional groups attached to an aromatic ring is 1. The Balaban J connectivity index is 3.05. The summed E-state index contributed by atoms with van der Waals surface area (Å²) in [6.07, 6.45) is 5.90. The Morgan fingerprint density at radius 2 is 2.21 bits per heavy atom. The summed E-state index contributed by atoms with van der Waals surface area (Å²) in [5.74, 6) is 0.572. The van der Waals surface area contributed by atoms with Crippen LogP contribution in [0.2, 0.25) is 0 Å². The van der Waals surface area contributed by atoms with Crippen LogP contribution in [-0.4, -0.2) is 9.97 Å². The second kappa shape index (κ2) is 4.74. The number of hydrogen-bond donors (Lipinski definition) is 1. The number of allylic oxidation sites excluding steroid dienone is 2.